The molecule has 0 aliphatic carbocycles. The number of nitrogens with two attached hydrogens (primary N) is 1. The van der Waals surface area contributed by atoms with Crippen LogP contribution in [0.2, 0.25) is 16.6 Å². The first-order valence-electron chi connectivity index (χ1n) is 8.27. The van der Waals surface area contributed by atoms with Gasteiger partial charge in [-0.3, -0.25) is 0 Å². The van der Waals surface area contributed by atoms with Crippen LogP contribution in [-0.2, 0) is 4.43 Å². The van der Waals surface area contributed by atoms with Gasteiger partial charge in [-0.1, -0.05) is 47.6 Å². The topological polar surface area (TPSA) is 35.2 Å². The third-order valence-corrected chi connectivity index (χ3v) is 11.4. The molecule has 0 aromatic rings. The summed E-state index contributed by atoms with van der Waals surface area (Å²) in [5, 5.41) is 0. The molecule has 0 saturated heterocycles. The fraction of sp³-hybridized carbons (Fsp3) is 0.882. The van der Waals surface area contributed by atoms with Crippen LogP contribution in [0.1, 0.15) is 54.4 Å². The molecule has 0 aliphatic heterocycles. The Balaban J connectivity index is 5.26. The summed E-state index contributed by atoms with van der Waals surface area (Å²) in [5.74, 6) is 1.10. The van der Waals surface area contributed by atoms with Gasteiger partial charge >= 0.3 is 0 Å². The Hall–Kier alpha value is 0.227. The van der Waals surface area contributed by atoms with Crippen molar-refractivity contribution in [3.8, 4) is 0 Å². The third-order valence-electron chi connectivity index (χ3n) is 4.59. The quantitative estimate of drug-likeness (QED) is 0.417. The van der Waals surface area contributed by atoms with Gasteiger partial charge in [0.25, 0.3) is 0 Å². The van der Waals surface area contributed by atoms with Gasteiger partial charge in [0.2, 0.25) is 8.32 Å². The molecular formula is C17H37NOSSi. The van der Waals surface area contributed by atoms with Gasteiger partial charge in [0.05, 0.1) is 6.10 Å². The minimum absolute atomic E-state index is 0.110. The largest absolute Gasteiger partial charge is 0.411 e. The fourth-order valence-corrected chi connectivity index (χ4v) is 9.70. The van der Waals surface area contributed by atoms with E-state index in [1.165, 1.54) is 0 Å². The Bertz CT molecular complexity index is 273. The molecule has 0 fully saturated rings. The summed E-state index contributed by atoms with van der Waals surface area (Å²) >= 11 is 1.85. The summed E-state index contributed by atoms with van der Waals surface area (Å²) in [6, 6.07) is 0.110. The monoisotopic (exact) mass is 331 g/mol. The van der Waals surface area contributed by atoms with Gasteiger partial charge in [-0.15, -0.1) is 6.58 Å². The average molecular weight is 332 g/mol. The van der Waals surface area contributed by atoms with Gasteiger partial charge < -0.3 is 10.2 Å². The van der Waals surface area contributed by atoms with Gasteiger partial charge in [0, 0.05) is 6.04 Å². The van der Waals surface area contributed by atoms with E-state index in [4.69, 9.17) is 10.2 Å². The van der Waals surface area contributed by atoms with Crippen molar-refractivity contribution >= 4 is 20.1 Å². The second kappa shape index (κ2) is 10.1. The standard InChI is InChI=1S/C17H37NOSSi/c1-9-10-17(16(18)11-12-20-8)19-21(13(2)3,14(4)5)15(6)7/h9,13-17H,1,10-12,18H2,2-8H3/t16-,17-/m0/s1. The molecule has 0 unspecified atom stereocenters. The molecular weight excluding hydrogens is 294 g/mol. The lowest BCUT2D eigenvalue weighted by atomic mass is 10.1. The lowest BCUT2D eigenvalue weighted by Gasteiger charge is -2.45. The van der Waals surface area contributed by atoms with E-state index in [1.807, 2.05) is 17.8 Å². The minimum Gasteiger partial charge on any atom is -0.411 e. The zero-order chi connectivity index (χ0) is 16.6. The molecule has 0 saturated carbocycles. The Labute approximate surface area is 138 Å². The average Bonchev–Trinajstić information content (AvgIpc) is 2.39. The molecule has 0 aliphatic rings. The molecule has 0 bridgehead atoms. The Kier molecular flexibility index (Phi) is 10.2. The van der Waals surface area contributed by atoms with Crippen LogP contribution in [-0.4, -0.2) is 32.5 Å². The van der Waals surface area contributed by atoms with Crippen molar-refractivity contribution in [3.05, 3.63) is 12.7 Å². The summed E-state index contributed by atoms with van der Waals surface area (Å²) in [7, 11) is -1.86. The lowest BCUT2D eigenvalue weighted by molar-refractivity contribution is 0.146. The van der Waals surface area contributed by atoms with Crippen LogP contribution < -0.4 is 5.73 Å². The van der Waals surface area contributed by atoms with E-state index < -0.39 is 8.32 Å². The van der Waals surface area contributed by atoms with Gasteiger partial charge in [-0.05, 0) is 41.5 Å². The molecule has 0 aromatic heterocycles. The van der Waals surface area contributed by atoms with Crippen molar-refractivity contribution in [2.45, 2.75) is 83.2 Å². The first kappa shape index (κ1) is 21.2. The van der Waals surface area contributed by atoms with Crippen molar-refractivity contribution in [1.29, 1.82) is 0 Å². The maximum absolute atomic E-state index is 6.86. The maximum Gasteiger partial charge on any atom is 0.200 e. The highest BCUT2D eigenvalue weighted by Gasteiger charge is 2.47. The molecule has 0 radical (unpaired) electrons. The van der Waals surface area contributed by atoms with E-state index in [2.05, 4.69) is 54.4 Å². The predicted molar refractivity (Wildman–Crippen MR) is 102 cm³/mol. The van der Waals surface area contributed by atoms with E-state index in [1.54, 1.807) is 0 Å². The van der Waals surface area contributed by atoms with Crippen molar-refractivity contribution in [3.63, 3.8) is 0 Å². The summed E-state index contributed by atoms with van der Waals surface area (Å²) in [6.45, 7) is 17.8. The molecule has 21 heavy (non-hydrogen) atoms. The van der Waals surface area contributed by atoms with E-state index in [0.717, 1.165) is 18.6 Å². The van der Waals surface area contributed by atoms with Crippen LogP contribution in [0.3, 0.4) is 0 Å². The van der Waals surface area contributed by atoms with E-state index in [-0.39, 0.29) is 12.1 Å². The molecule has 0 rings (SSSR count). The third kappa shape index (κ3) is 5.74. The van der Waals surface area contributed by atoms with E-state index in [0.29, 0.717) is 16.6 Å². The lowest BCUT2D eigenvalue weighted by Crippen LogP contribution is -2.53. The first-order valence-corrected chi connectivity index (χ1v) is 11.8. The van der Waals surface area contributed by atoms with Gasteiger partial charge in [0.1, 0.15) is 0 Å². The fourth-order valence-electron chi connectivity index (χ4n) is 3.58. The van der Waals surface area contributed by atoms with Crippen LogP contribution in [0.5, 0.6) is 0 Å². The summed E-state index contributed by atoms with van der Waals surface area (Å²) in [6.07, 6.45) is 6.08. The van der Waals surface area contributed by atoms with Crippen LogP contribution in [0.15, 0.2) is 12.7 Å². The minimum atomic E-state index is -1.86. The number of hydrogen-bond donors (Lipinski definition) is 1. The smallest absolute Gasteiger partial charge is 0.200 e. The Morgan fingerprint density at radius 3 is 1.90 bits per heavy atom. The highest BCUT2D eigenvalue weighted by Crippen LogP contribution is 2.43. The molecule has 2 N–H and O–H groups in total. The molecule has 2 atom stereocenters. The second-order valence-corrected chi connectivity index (χ2v) is 13.3. The van der Waals surface area contributed by atoms with Crippen molar-refractivity contribution in [2.75, 3.05) is 12.0 Å². The van der Waals surface area contributed by atoms with Gasteiger partial charge in [-0.25, -0.2) is 0 Å². The van der Waals surface area contributed by atoms with E-state index >= 15 is 0 Å². The van der Waals surface area contributed by atoms with Gasteiger partial charge in [-0.2, -0.15) is 11.8 Å². The molecule has 0 spiro atoms. The summed E-state index contributed by atoms with van der Waals surface area (Å²) in [5.41, 5.74) is 8.22. The maximum atomic E-state index is 6.86. The Morgan fingerprint density at radius 1 is 1.10 bits per heavy atom. The molecule has 0 aromatic carbocycles. The number of rotatable bonds is 11. The van der Waals surface area contributed by atoms with Crippen LogP contribution in [0, 0.1) is 0 Å². The van der Waals surface area contributed by atoms with Crippen molar-refractivity contribution < 1.29 is 4.43 Å². The van der Waals surface area contributed by atoms with Crippen molar-refractivity contribution in [1.82, 2.24) is 0 Å². The zero-order valence-corrected chi connectivity index (χ0v) is 17.0. The molecule has 4 heteroatoms. The number of thioether (sulfide) groups is 1. The SMILES string of the molecule is C=CC[C@H](O[Si](C(C)C)(C(C)C)C(C)C)[C@@H](N)CCSC. The van der Waals surface area contributed by atoms with Crippen LogP contribution in [0.4, 0.5) is 0 Å². The highest BCUT2D eigenvalue weighted by atomic mass is 32.2. The van der Waals surface area contributed by atoms with Crippen molar-refractivity contribution in [2.24, 2.45) is 5.73 Å². The number of hydrogen-bond acceptors (Lipinski definition) is 3. The second-order valence-electron chi connectivity index (χ2n) is 6.94. The Morgan fingerprint density at radius 2 is 1.57 bits per heavy atom. The van der Waals surface area contributed by atoms with E-state index in [9.17, 15) is 0 Å². The van der Waals surface area contributed by atoms with Crippen LogP contribution >= 0.6 is 11.8 Å². The van der Waals surface area contributed by atoms with Crippen LogP contribution in [0.25, 0.3) is 0 Å². The molecule has 2 nitrogen and oxygen atoms in total. The predicted octanol–water partition coefficient (Wildman–Crippen LogP) is 5.20. The molecule has 0 amide bonds. The summed E-state index contributed by atoms with van der Waals surface area (Å²) in [4.78, 5) is 0. The first-order chi connectivity index (χ1) is 9.73. The molecule has 0 heterocycles. The van der Waals surface area contributed by atoms with Gasteiger partial charge in [0.15, 0.2) is 0 Å². The molecule has 126 valence electrons. The summed E-state index contributed by atoms with van der Waals surface area (Å²) < 4.78 is 6.86. The normalized spacial score (nSPS) is 15.8. The zero-order valence-electron chi connectivity index (χ0n) is 15.2. The highest BCUT2D eigenvalue weighted by molar-refractivity contribution is 7.98.